The molecule has 0 aliphatic carbocycles. The number of aliphatic hydroxyl groups excluding tert-OH is 2. The molecule has 5 N–H and O–H groups in total. The zero-order valence-electron chi connectivity index (χ0n) is 7.40. The van der Waals surface area contributed by atoms with E-state index in [4.69, 9.17) is 20.7 Å². The second-order valence-electron chi connectivity index (χ2n) is 2.56. The average Bonchev–Trinajstić information content (AvgIpc) is 2.10. The third-order valence-electron chi connectivity index (χ3n) is 1.26. The van der Waals surface area contributed by atoms with Gasteiger partial charge >= 0.3 is 0 Å². The molecule has 0 aromatic heterocycles. The summed E-state index contributed by atoms with van der Waals surface area (Å²) < 4.78 is 4.83. The number of carbonyl (C=O) groups is 1. The van der Waals surface area contributed by atoms with Crippen LogP contribution < -0.4 is 11.1 Å². The van der Waals surface area contributed by atoms with Crippen LogP contribution in [-0.2, 0) is 9.53 Å². The molecule has 0 rings (SSSR count). The molecule has 0 saturated carbocycles. The average molecular weight is 192 g/mol. The molecule has 0 spiro atoms. The highest BCUT2D eigenvalue weighted by Crippen LogP contribution is 1.77. The molecule has 78 valence electrons. The summed E-state index contributed by atoms with van der Waals surface area (Å²) in [5.41, 5.74) is 4.82. The van der Waals surface area contributed by atoms with Crippen LogP contribution in [0.25, 0.3) is 0 Å². The quantitative estimate of drug-likeness (QED) is 0.316. The Labute approximate surface area is 76.7 Å². The minimum absolute atomic E-state index is 0.0930. The van der Waals surface area contributed by atoms with Crippen molar-refractivity contribution in [3.63, 3.8) is 0 Å². The second kappa shape index (κ2) is 7.93. The van der Waals surface area contributed by atoms with Gasteiger partial charge in [-0.05, 0) is 0 Å². The number of hydrogen-bond acceptors (Lipinski definition) is 5. The van der Waals surface area contributed by atoms with Crippen LogP contribution in [0, 0.1) is 0 Å². The fraction of sp³-hybridized carbons (Fsp3) is 0.857. The van der Waals surface area contributed by atoms with Gasteiger partial charge < -0.3 is 26.0 Å². The van der Waals surface area contributed by atoms with Crippen LogP contribution in [0.15, 0.2) is 0 Å². The summed E-state index contributed by atoms with van der Waals surface area (Å²) in [5.74, 6) is -0.504. The first-order valence-corrected chi connectivity index (χ1v) is 4.02. The summed E-state index contributed by atoms with van der Waals surface area (Å²) >= 11 is 0. The third kappa shape index (κ3) is 9.22. The van der Waals surface area contributed by atoms with Crippen LogP contribution >= 0.6 is 0 Å². The summed E-state index contributed by atoms with van der Waals surface area (Å²) in [5, 5.41) is 20.1. The number of hydrogen-bond donors (Lipinski definition) is 4. The summed E-state index contributed by atoms with van der Waals surface area (Å²) in [6.45, 7) is 0.793. The molecular formula is C7H16N2O4. The van der Waals surface area contributed by atoms with E-state index in [0.717, 1.165) is 0 Å². The van der Waals surface area contributed by atoms with Crippen molar-refractivity contribution in [3.8, 4) is 0 Å². The lowest BCUT2D eigenvalue weighted by atomic mass is 10.4. The molecule has 0 saturated heterocycles. The molecule has 0 aromatic rings. The van der Waals surface area contributed by atoms with Crippen molar-refractivity contribution in [3.05, 3.63) is 0 Å². The third-order valence-corrected chi connectivity index (χ3v) is 1.26. The smallest absolute Gasteiger partial charge is 0.243 e. The molecule has 6 nitrogen and oxygen atoms in total. The Morgan fingerprint density at radius 3 is 2.85 bits per heavy atom. The fourth-order valence-corrected chi connectivity index (χ4v) is 0.650. The summed E-state index contributed by atoms with van der Waals surface area (Å²) in [6, 6.07) is 0. The van der Waals surface area contributed by atoms with Crippen molar-refractivity contribution in [2.45, 2.75) is 6.10 Å². The monoisotopic (exact) mass is 192 g/mol. The first-order valence-electron chi connectivity index (χ1n) is 4.02. The second-order valence-corrected chi connectivity index (χ2v) is 2.56. The van der Waals surface area contributed by atoms with Gasteiger partial charge in [-0.1, -0.05) is 0 Å². The Morgan fingerprint density at radius 1 is 1.62 bits per heavy atom. The highest BCUT2D eigenvalue weighted by Gasteiger charge is 1.99. The van der Waals surface area contributed by atoms with Crippen molar-refractivity contribution in [1.82, 2.24) is 5.32 Å². The number of amides is 1. The highest BCUT2D eigenvalue weighted by atomic mass is 16.5. The van der Waals surface area contributed by atoms with E-state index in [1.807, 2.05) is 0 Å². The molecule has 0 aliphatic heterocycles. The maximum Gasteiger partial charge on any atom is 0.243 e. The molecule has 1 amide bonds. The van der Waals surface area contributed by atoms with Gasteiger partial charge in [0, 0.05) is 13.1 Å². The van der Waals surface area contributed by atoms with Gasteiger partial charge in [-0.25, -0.2) is 0 Å². The molecule has 6 heteroatoms. The van der Waals surface area contributed by atoms with Gasteiger partial charge in [-0.3, -0.25) is 4.79 Å². The zero-order chi connectivity index (χ0) is 10.1. The van der Waals surface area contributed by atoms with Gasteiger partial charge in [0.1, 0.15) is 6.61 Å². The largest absolute Gasteiger partial charge is 0.394 e. The Kier molecular flexibility index (Phi) is 7.51. The van der Waals surface area contributed by atoms with E-state index in [1.54, 1.807) is 0 Å². The van der Waals surface area contributed by atoms with Crippen LogP contribution in [0.1, 0.15) is 0 Å². The van der Waals surface area contributed by atoms with Gasteiger partial charge in [0.15, 0.2) is 0 Å². The summed E-state index contributed by atoms with van der Waals surface area (Å²) in [6.07, 6.45) is -0.754. The van der Waals surface area contributed by atoms with Crippen molar-refractivity contribution >= 4 is 5.91 Å². The van der Waals surface area contributed by atoms with Crippen LogP contribution in [0.5, 0.6) is 0 Å². The molecule has 0 aliphatic rings. The molecule has 13 heavy (non-hydrogen) atoms. The molecule has 0 fully saturated rings. The van der Waals surface area contributed by atoms with Crippen LogP contribution in [0.2, 0.25) is 0 Å². The number of nitrogens with one attached hydrogen (secondary N) is 1. The first kappa shape index (κ1) is 12.3. The normalized spacial score (nSPS) is 12.8. The number of carbonyl (C=O) groups excluding carboxylic acids is 1. The maximum absolute atomic E-state index is 10.2. The van der Waals surface area contributed by atoms with Gasteiger partial charge in [0.05, 0.1) is 19.3 Å². The number of rotatable bonds is 8. The predicted octanol–water partition coefficient (Wildman–Crippen LogP) is -2.57. The van der Waals surface area contributed by atoms with E-state index in [9.17, 15) is 4.79 Å². The number of primary amides is 1. The Morgan fingerprint density at radius 2 is 2.31 bits per heavy atom. The first-order chi connectivity index (χ1) is 6.16. The lowest BCUT2D eigenvalue weighted by Gasteiger charge is -2.08. The van der Waals surface area contributed by atoms with E-state index in [0.29, 0.717) is 19.7 Å². The van der Waals surface area contributed by atoms with E-state index in [-0.39, 0.29) is 13.2 Å². The Hall–Kier alpha value is -0.690. The molecule has 0 heterocycles. The summed E-state index contributed by atoms with van der Waals surface area (Å²) in [4.78, 5) is 10.2. The fourth-order valence-electron chi connectivity index (χ4n) is 0.650. The molecule has 1 atom stereocenters. The van der Waals surface area contributed by atoms with Gasteiger partial charge in [-0.2, -0.15) is 0 Å². The molecule has 0 bridgehead atoms. The number of aliphatic hydroxyl groups is 2. The van der Waals surface area contributed by atoms with E-state index >= 15 is 0 Å². The van der Waals surface area contributed by atoms with E-state index < -0.39 is 12.0 Å². The lowest BCUT2D eigenvalue weighted by Crippen LogP contribution is -2.32. The number of nitrogens with two attached hydrogens (primary N) is 1. The molecule has 0 aromatic carbocycles. The number of ether oxygens (including phenoxy) is 1. The van der Waals surface area contributed by atoms with Gasteiger partial charge in [-0.15, -0.1) is 0 Å². The summed E-state index contributed by atoms with van der Waals surface area (Å²) in [7, 11) is 0. The van der Waals surface area contributed by atoms with Gasteiger partial charge in [0.2, 0.25) is 5.91 Å². The SMILES string of the molecule is NC(=O)COCCNC[C@H](O)CO. The molecular weight excluding hydrogens is 176 g/mol. The standard InChI is InChI=1S/C7H16N2O4/c8-7(12)5-13-2-1-9-3-6(11)4-10/h6,9-11H,1-5H2,(H2,8,12)/t6-/m0/s1. The van der Waals surface area contributed by atoms with Crippen molar-refractivity contribution in [2.24, 2.45) is 5.73 Å². The van der Waals surface area contributed by atoms with Crippen molar-refractivity contribution in [1.29, 1.82) is 0 Å². The van der Waals surface area contributed by atoms with Crippen LogP contribution in [0.3, 0.4) is 0 Å². The van der Waals surface area contributed by atoms with E-state index in [1.165, 1.54) is 0 Å². The topological polar surface area (TPSA) is 105 Å². The van der Waals surface area contributed by atoms with Gasteiger partial charge in [0.25, 0.3) is 0 Å². The zero-order valence-corrected chi connectivity index (χ0v) is 7.40. The minimum atomic E-state index is -0.754. The minimum Gasteiger partial charge on any atom is -0.394 e. The lowest BCUT2D eigenvalue weighted by molar-refractivity contribution is -0.122. The Balaban J connectivity index is 3.04. The highest BCUT2D eigenvalue weighted by molar-refractivity contribution is 5.74. The Bertz CT molecular complexity index is 142. The molecule has 0 unspecified atom stereocenters. The maximum atomic E-state index is 10.2. The van der Waals surface area contributed by atoms with Crippen molar-refractivity contribution < 1.29 is 19.7 Å². The van der Waals surface area contributed by atoms with Crippen LogP contribution in [-0.4, -0.2) is 55.1 Å². The van der Waals surface area contributed by atoms with Crippen LogP contribution in [0.4, 0.5) is 0 Å². The van der Waals surface area contributed by atoms with E-state index in [2.05, 4.69) is 5.32 Å². The van der Waals surface area contributed by atoms with Crippen molar-refractivity contribution in [2.75, 3.05) is 32.9 Å². The molecule has 0 radical (unpaired) electrons. The predicted molar refractivity (Wildman–Crippen MR) is 46.0 cm³/mol.